The molecule has 0 spiro atoms. The average molecular weight is 300 g/mol. The fraction of sp³-hybridized carbons (Fsp3) is 0.455. The van der Waals surface area contributed by atoms with E-state index in [0.29, 0.717) is 24.2 Å². The van der Waals surface area contributed by atoms with E-state index in [-0.39, 0.29) is 5.91 Å². The molecule has 0 radical (unpaired) electrons. The van der Waals surface area contributed by atoms with Crippen LogP contribution < -0.4 is 15.4 Å². The molecule has 1 aromatic heterocycles. The number of aromatic nitrogens is 1. The molecule has 1 unspecified atom stereocenters. The van der Waals surface area contributed by atoms with Gasteiger partial charge in [-0.3, -0.25) is 4.79 Å². The molecular weight excluding hydrogens is 286 g/mol. The Balaban J connectivity index is 2.11. The monoisotopic (exact) mass is 299 g/mol. The fourth-order valence-electron chi connectivity index (χ4n) is 1.49. The number of anilines is 1. The molecule has 17 heavy (non-hydrogen) atoms. The van der Waals surface area contributed by atoms with Gasteiger partial charge in [-0.2, -0.15) is 0 Å². The van der Waals surface area contributed by atoms with E-state index in [9.17, 15) is 4.79 Å². The van der Waals surface area contributed by atoms with Crippen molar-refractivity contribution in [2.45, 2.75) is 26.0 Å². The molecule has 0 saturated heterocycles. The van der Waals surface area contributed by atoms with Crippen LogP contribution in [0.4, 0.5) is 5.82 Å². The molecule has 1 amide bonds. The number of rotatable bonds is 3. The Bertz CT molecular complexity index is 437. The van der Waals surface area contributed by atoms with Gasteiger partial charge in [0.05, 0.1) is 0 Å². The number of fused-ring (bicyclic) bond motifs is 1. The van der Waals surface area contributed by atoms with Crippen molar-refractivity contribution >= 4 is 27.7 Å². The molecule has 0 aliphatic carbocycles. The summed E-state index contributed by atoms with van der Waals surface area (Å²) in [5, 5.41) is 5.90. The van der Waals surface area contributed by atoms with Crippen molar-refractivity contribution in [3.8, 4) is 5.75 Å². The summed E-state index contributed by atoms with van der Waals surface area (Å²) in [6, 6.07) is 2.11. The molecule has 0 bridgehead atoms. The van der Waals surface area contributed by atoms with Gasteiger partial charge in [0.2, 0.25) is 0 Å². The van der Waals surface area contributed by atoms with Crippen molar-refractivity contribution in [1.82, 2.24) is 10.3 Å². The van der Waals surface area contributed by atoms with Crippen LogP contribution in [0.3, 0.4) is 0 Å². The highest BCUT2D eigenvalue weighted by Gasteiger charge is 2.28. The highest BCUT2D eigenvalue weighted by molar-refractivity contribution is 9.10. The number of hydrogen-bond donors (Lipinski definition) is 2. The van der Waals surface area contributed by atoms with Gasteiger partial charge in [0, 0.05) is 23.3 Å². The SMILES string of the molecule is CC(C)NCC1Oc2cc(Br)cnc2NC1=O. The van der Waals surface area contributed by atoms with Crippen molar-refractivity contribution in [3.05, 3.63) is 16.7 Å². The Morgan fingerprint density at radius 1 is 1.65 bits per heavy atom. The van der Waals surface area contributed by atoms with Gasteiger partial charge >= 0.3 is 0 Å². The Kier molecular flexibility index (Phi) is 3.63. The molecule has 92 valence electrons. The van der Waals surface area contributed by atoms with Crippen LogP contribution >= 0.6 is 15.9 Å². The minimum atomic E-state index is -0.513. The van der Waals surface area contributed by atoms with E-state index in [4.69, 9.17) is 4.74 Å². The molecular formula is C11H14BrN3O2. The van der Waals surface area contributed by atoms with E-state index in [1.54, 1.807) is 12.3 Å². The van der Waals surface area contributed by atoms with Gasteiger partial charge in [0.1, 0.15) is 0 Å². The quantitative estimate of drug-likeness (QED) is 0.889. The number of carbonyl (C=O) groups excluding carboxylic acids is 1. The lowest BCUT2D eigenvalue weighted by Gasteiger charge is -2.25. The van der Waals surface area contributed by atoms with Crippen LogP contribution in [0, 0.1) is 0 Å². The van der Waals surface area contributed by atoms with Crippen LogP contribution in [0.2, 0.25) is 0 Å². The Hall–Kier alpha value is -1.14. The maximum Gasteiger partial charge on any atom is 0.268 e. The summed E-state index contributed by atoms with van der Waals surface area (Å²) in [7, 11) is 0. The normalized spacial score (nSPS) is 18.6. The number of ether oxygens (including phenoxy) is 1. The minimum Gasteiger partial charge on any atom is -0.475 e. The van der Waals surface area contributed by atoms with Gasteiger partial charge in [-0.1, -0.05) is 13.8 Å². The highest BCUT2D eigenvalue weighted by Crippen LogP contribution is 2.29. The van der Waals surface area contributed by atoms with Crippen LogP contribution in [0.25, 0.3) is 0 Å². The first kappa shape index (κ1) is 12.3. The van der Waals surface area contributed by atoms with Crippen molar-refractivity contribution < 1.29 is 9.53 Å². The van der Waals surface area contributed by atoms with Crippen LogP contribution in [-0.4, -0.2) is 29.6 Å². The van der Waals surface area contributed by atoms with Gasteiger partial charge in [0.25, 0.3) is 5.91 Å². The molecule has 1 atom stereocenters. The smallest absolute Gasteiger partial charge is 0.268 e. The average Bonchev–Trinajstić information content (AvgIpc) is 2.26. The molecule has 0 aromatic carbocycles. The zero-order chi connectivity index (χ0) is 12.4. The van der Waals surface area contributed by atoms with Crippen LogP contribution in [0.1, 0.15) is 13.8 Å². The summed E-state index contributed by atoms with van der Waals surface area (Å²) in [4.78, 5) is 15.8. The molecule has 1 aliphatic rings. The second kappa shape index (κ2) is 5.01. The lowest BCUT2D eigenvalue weighted by molar-refractivity contribution is -0.123. The van der Waals surface area contributed by atoms with E-state index in [2.05, 4.69) is 31.5 Å². The van der Waals surface area contributed by atoms with Gasteiger partial charge in [-0.15, -0.1) is 0 Å². The predicted octanol–water partition coefficient (Wildman–Crippen LogP) is 1.54. The molecule has 2 rings (SSSR count). The Morgan fingerprint density at radius 3 is 3.12 bits per heavy atom. The zero-order valence-corrected chi connectivity index (χ0v) is 11.2. The highest BCUT2D eigenvalue weighted by atomic mass is 79.9. The largest absolute Gasteiger partial charge is 0.475 e. The number of carbonyl (C=O) groups is 1. The van der Waals surface area contributed by atoms with E-state index in [1.807, 2.05) is 13.8 Å². The number of amides is 1. The van der Waals surface area contributed by atoms with Gasteiger partial charge in [-0.05, 0) is 22.0 Å². The van der Waals surface area contributed by atoms with E-state index < -0.39 is 6.10 Å². The van der Waals surface area contributed by atoms with Gasteiger partial charge in [0.15, 0.2) is 17.7 Å². The van der Waals surface area contributed by atoms with E-state index >= 15 is 0 Å². The number of hydrogen-bond acceptors (Lipinski definition) is 4. The molecule has 5 nitrogen and oxygen atoms in total. The number of halogens is 1. The lowest BCUT2D eigenvalue weighted by Crippen LogP contribution is -2.45. The summed E-state index contributed by atoms with van der Waals surface area (Å²) in [5.41, 5.74) is 0. The number of nitrogens with zero attached hydrogens (tertiary/aromatic N) is 1. The molecule has 6 heteroatoms. The molecule has 0 saturated carbocycles. The van der Waals surface area contributed by atoms with Crippen molar-refractivity contribution in [2.75, 3.05) is 11.9 Å². The van der Waals surface area contributed by atoms with Crippen molar-refractivity contribution in [2.24, 2.45) is 0 Å². The van der Waals surface area contributed by atoms with Crippen LogP contribution in [0.15, 0.2) is 16.7 Å². The van der Waals surface area contributed by atoms with Crippen molar-refractivity contribution in [1.29, 1.82) is 0 Å². The first-order chi connectivity index (χ1) is 8.06. The lowest BCUT2D eigenvalue weighted by atomic mass is 10.2. The molecule has 1 aliphatic heterocycles. The molecule has 1 aromatic rings. The molecule has 2 heterocycles. The summed E-state index contributed by atoms with van der Waals surface area (Å²) >= 11 is 3.32. The summed E-state index contributed by atoms with van der Waals surface area (Å²) < 4.78 is 6.43. The fourth-order valence-corrected chi connectivity index (χ4v) is 1.80. The van der Waals surface area contributed by atoms with Gasteiger partial charge < -0.3 is 15.4 Å². The molecule has 2 N–H and O–H groups in total. The van der Waals surface area contributed by atoms with E-state index in [0.717, 1.165) is 4.47 Å². The third-order valence-electron chi connectivity index (χ3n) is 2.33. The molecule has 0 fully saturated rings. The summed E-state index contributed by atoms with van der Waals surface area (Å²) in [6.07, 6.45) is 1.11. The third kappa shape index (κ3) is 2.95. The van der Waals surface area contributed by atoms with E-state index in [1.165, 1.54) is 0 Å². The number of nitrogens with one attached hydrogen (secondary N) is 2. The van der Waals surface area contributed by atoms with Crippen LogP contribution in [0.5, 0.6) is 5.75 Å². The first-order valence-corrected chi connectivity index (χ1v) is 6.22. The maximum atomic E-state index is 11.7. The zero-order valence-electron chi connectivity index (χ0n) is 9.66. The summed E-state index contributed by atoms with van der Waals surface area (Å²) in [6.45, 7) is 4.52. The predicted molar refractivity (Wildman–Crippen MR) is 68.1 cm³/mol. The minimum absolute atomic E-state index is 0.166. The third-order valence-corrected chi connectivity index (χ3v) is 2.77. The van der Waals surface area contributed by atoms with Crippen molar-refractivity contribution in [3.63, 3.8) is 0 Å². The number of pyridine rings is 1. The summed E-state index contributed by atoms with van der Waals surface area (Å²) in [5.74, 6) is 0.897. The second-order valence-electron chi connectivity index (χ2n) is 4.16. The Labute approximate surface area is 108 Å². The second-order valence-corrected chi connectivity index (χ2v) is 5.07. The van der Waals surface area contributed by atoms with Gasteiger partial charge in [-0.25, -0.2) is 4.98 Å². The first-order valence-electron chi connectivity index (χ1n) is 5.42. The topological polar surface area (TPSA) is 63.2 Å². The maximum absolute atomic E-state index is 11.7. The standard InChI is InChI=1S/C11H14BrN3O2/c1-6(2)13-5-9-11(16)15-10-8(17-9)3-7(12)4-14-10/h3-4,6,9,13H,5H2,1-2H3,(H,14,15,16). The Morgan fingerprint density at radius 2 is 2.41 bits per heavy atom. The van der Waals surface area contributed by atoms with Crippen LogP contribution in [-0.2, 0) is 4.79 Å².